The van der Waals surface area contributed by atoms with Gasteiger partial charge >= 0.3 is 5.69 Å². The van der Waals surface area contributed by atoms with Gasteiger partial charge in [0.25, 0.3) is 5.56 Å². The van der Waals surface area contributed by atoms with E-state index in [1.165, 1.54) is 16.5 Å². The maximum absolute atomic E-state index is 12.6. The van der Waals surface area contributed by atoms with Crippen molar-refractivity contribution in [1.82, 2.24) is 9.55 Å². The molecule has 27 heavy (non-hydrogen) atoms. The summed E-state index contributed by atoms with van der Waals surface area (Å²) in [7, 11) is 1.48. The molecule has 0 spiro atoms. The molecular weight excluding hydrogens is 344 g/mol. The Morgan fingerprint density at radius 1 is 1.00 bits per heavy atom. The maximum Gasteiger partial charge on any atom is 0.330 e. The first-order valence-electron chi connectivity index (χ1n) is 8.44. The summed E-state index contributed by atoms with van der Waals surface area (Å²) in [5.41, 5.74) is 6.44. The molecule has 0 aliphatic carbocycles. The van der Waals surface area contributed by atoms with E-state index in [0.717, 1.165) is 11.1 Å². The molecule has 0 atom stereocenters. The third-order valence-corrected chi connectivity index (χ3v) is 4.31. The van der Waals surface area contributed by atoms with Crippen molar-refractivity contribution < 1.29 is 4.79 Å². The summed E-state index contributed by atoms with van der Waals surface area (Å²) in [6.07, 6.45) is 0.119. The molecule has 0 unspecified atom stereocenters. The Morgan fingerprint density at radius 2 is 1.56 bits per heavy atom. The van der Waals surface area contributed by atoms with Gasteiger partial charge in [0.2, 0.25) is 5.91 Å². The van der Waals surface area contributed by atoms with E-state index in [2.05, 4.69) is 4.98 Å². The number of rotatable bonds is 5. The Bertz CT molecular complexity index is 1060. The monoisotopic (exact) mass is 364 g/mol. The second-order valence-electron chi connectivity index (χ2n) is 6.18. The lowest BCUT2D eigenvalue weighted by molar-refractivity contribution is -0.117. The fourth-order valence-electron chi connectivity index (χ4n) is 2.84. The number of hydrogen-bond donors (Lipinski definition) is 2. The van der Waals surface area contributed by atoms with Gasteiger partial charge in [-0.3, -0.25) is 19.1 Å². The van der Waals surface area contributed by atoms with E-state index in [4.69, 9.17) is 5.73 Å². The zero-order valence-electron chi connectivity index (χ0n) is 14.9. The number of aromatic nitrogens is 2. The minimum Gasteiger partial charge on any atom is -0.383 e. The average molecular weight is 364 g/mol. The van der Waals surface area contributed by atoms with Crippen LogP contribution in [-0.2, 0) is 17.8 Å². The van der Waals surface area contributed by atoms with Crippen molar-refractivity contribution in [1.29, 1.82) is 0 Å². The number of nitrogen functional groups attached to an aromatic ring is 1. The summed E-state index contributed by atoms with van der Waals surface area (Å²) in [5.74, 6) is -0.347. The lowest BCUT2D eigenvalue weighted by Crippen LogP contribution is -2.39. The van der Waals surface area contributed by atoms with Crippen molar-refractivity contribution >= 4 is 17.4 Å². The summed E-state index contributed by atoms with van der Waals surface area (Å²) >= 11 is 0. The molecule has 2 aromatic carbocycles. The van der Waals surface area contributed by atoms with Gasteiger partial charge in [-0.05, 0) is 11.1 Å². The summed E-state index contributed by atoms with van der Waals surface area (Å²) in [6, 6.07) is 18.4. The van der Waals surface area contributed by atoms with Crippen molar-refractivity contribution in [2.75, 3.05) is 17.7 Å². The molecule has 7 nitrogen and oxygen atoms in total. The number of benzene rings is 2. The first kappa shape index (κ1) is 18.2. The molecule has 0 saturated heterocycles. The van der Waals surface area contributed by atoms with Crippen molar-refractivity contribution in [3.8, 4) is 0 Å². The van der Waals surface area contributed by atoms with E-state index >= 15 is 0 Å². The van der Waals surface area contributed by atoms with Gasteiger partial charge in [-0.25, -0.2) is 4.79 Å². The van der Waals surface area contributed by atoms with Crippen LogP contribution in [0.25, 0.3) is 0 Å². The fourth-order valence-corrected chi connectivity index (χ4v) is 2.84. The van der Waals surface area contributed by atoms with Crippen LogP contribution in [0.5, 0.6) is 0 Å². The molecule has 7 heteroatoms. The second-order valence-corrected chi connectivity index (χ2v) is 6.18. The highest BCUT2D eigenvalue weighted by Gasteiger charge is 2.21. The van der Waals surface area contributed by atoms with E-state index in [1.807, 2.05) is 60.7 Å². The Balaban J connectivity index is 1.95. The molecule has 0 bridgehead atoms. The third-order valence-electron chi connectivity index (χ3n) is 4.31. The molecule has 3 aromatic rings. The number of aromatic amines is 1. The van der Waals surface area contributed by atoms with Gasteiger partial charge in [0.1, 0.15) is 5.82 Å². The summed E-state index contributed by atoms with van der Waals surface area (Å²) < 4.78 is 1.25. The molecule has 138 valence electrons. The largest absolute Gasteiger partial charge is 0.383 e. The summed E-state index contributed by atoms with van der Waals surface area (Å²) in [6.45, 7) is 0.190. The number of likely N-dealkylation sites (N-methyl/N-ethyl adjacent to an activating group) is 1. The smallest absolute Gasteiger partial charge is 0.330 e. The van der Waals surface area contributed by atoms with E-state index in [9.17, 15) is 14.4 Å². The van der Waals surface area contributed by atoms with Crippen LogP contribution in [0.1, 0.15) is 11.1 Å². The van der Waals surface area contributed by atoms with E-state index in [1.54, 1.807) is 0 Å². The van der Waals surface area contributed by atoms with Crippen LogP contribution in [0.4, 0.5) is 11.5 Å². The quantitative estimate of drug-likeness (QED) is 0.714. The molecule has 3 N–H and O–H groups in total. The molecular formula is C20H20N4O3. The zero-order valence-corrected chi connectivity index (χ0v) is 14.9. The third kappa shape index (κ3) is 3.98. The second kappa shape index (κ2) is 7.74. The van der Waals surface area contributed by atoms with Crippen molar-refractivity contribution in [3.05, 3.63) is 92.6 Å². The summed E-state index contributed by atoms with van der Waals surface area (Å²) in [5, 5.41) is 0. The van der Waals surface area contributed by atoms with Crippen molar-refractivity contribution in [2.45, 2.75) is 13.0 Å². The van der Waals surface area contributed by atoms with Gasteiger partial charge in [0.15, 0.2) is 5.69 Å². The van der Waals surface area contributed by atoms with Crippen molar-refractivity contribution in [3.63, 3.8) is 0 Å². The minimum atomic E-state index is -0.689. The normalized spacial score (nSPS) is 10.6. The van der Waals surface area contributed by atoms with Gasteiger partial charge in [-0.15, -0.1) is 0 Å². The van der Waals surface area contributed by atoms with Crippen LogP contribution in [0.3, 0.4) is 0 Å². The lowest BCUT2D eigenvalue weighted by atomic mass is 10.1. The predicted octanol–water partition coefficient (Wildman–Crippen LogP) is 1.37. The molecule has 0 saturated carbocycles. The SMILES string of the molecule is CN(C(=O)Cc1ccccc1)c1c(N)n(Cc2ccccc2)c(=O)[nH]c1=O. The fraction of sp³-hybridized carbons (Fsp3) is 0.150. The van der Waals surface area contributed by atoms with Gasteiger partial charge < -0.3 is 10.6 Å². The van der Waals surface area contributed by atoms with Crippen LogP contribution in [-0.4, -0.2) is 22.5 Å². The highest BCUT2D eigenvalue weighted by molar-refractivity contribution is 5.96. The zero-order chi connectivity index (χ0) is 19.4. The molecule has 1 amide bonds. The Morgan fingerprint density at radius 3 is 2.15 bits per heavy atom. The lowest BCUT2D eigenvalue weighted by Gasteiger charge is -2.20. The predicted molar refractivity (Wildman–Crippen MR) is 105 cm³/mol. The van der Waals surface area contributed by atoms with Crippen LogP contribution >= 0.6 is 0 Å². The number of carbonyl (C=O) groups is 1. The Kier molecular flexibility index (Phi) is 5.21. The molecule has 1 aromatic heterocycles. The molecule has 0 radical (unpaired) electrons. The molecule has 1 heterocycles. The Labute approximate surface area is 155 Å². The molecule has 0 aliphatic heterocycles. The summed E-state index contributed by atoms with van der Waals surface area (Å²) in [4.78, 5) is 40.6. The molecule has 3 rings (SSSR count). The number of nitrogens with two attached hydrogens (primary N) is 1. The number of carbonyl (C=O) groups excluding carboxylic acids is 1. The maximum atomic E-state index is 12.6. The van der Waals surface area contributed by atoms with Crippen LogP contribution in [0.2, 0.25) is 0 Å². The first-order chi connectivity index (χ1) is 13.0. The van der Waals surface area contributed by atoms with E-state index in [0.29, 0.717) is 0 Å². The van der Waals surface area contributed by atoms with E-state index < -0.39 is 11.2 Å². The van der Waals surface area contributed by atoms with Crippen LogP contribution < -0.4 is 21.9 Å². The number of hydrogen-bond acceptors (Lipinski definition) is 4. The highest BCUT2D eigenvalue weighted by Crippen LogP contribution is 2.17. The van der Waals surface area contributed by atoms with Gasteiger partial charge in [-0.1, -0.05) is 60.7 Å². The van der Waals surface area contributed by atoms with Gasteiger partial charge in [0.05, 0.1) is 13.0 Å². The number of anilines is 2. The van der Waals surface area contributed by atoms with Crippen LogP contribution in [0, 0.1) is 0 Å². The van der Waals surface area contributed by atoms with Crippen molar-refractivity contribution in [2.24, 2.45) is 0 Å². The average Bonchev–Trinajstić information content (AvgIpc) is 2.66. The number of amides is 1. The highest BCUT2D eigenvalue weighted by atomic mass is 16.2. The van der Waals surface area contributed by atoms with Crippen LogP contribution in [0.15, 0.2) is 70.3 Å². The standard InChI is InChI=1S/C20H20N4O3/c1-23(16(25)12-14-8-4-2-5-9-14)17-18(21)24(20(27)22-19(17)26)13-15-10-6-3-7-11-15/h2-11H,12-13,21H2,1H3,(H,22,26,27). The van der Waals surface area contributed by atoms with Gasteiger partial charge in [-0.2, -0.15) is 0 Å². The molecule has 0 fully saturated rings. The molecule has 0 aliphatic rings. The topological polar surface area (TPSA) is 101 Å². The number of nitrogens with zero attached hydrogens (tertiary/aromatic N) is 2. The minimum absolute atomic E-state index is 0.0357. The first-order valence-corrected chi connectivity index (χ1v) is 8.44. The number of nitrogens with one attached hydrogen (secondary N) is 1. The van der Waals surface area contributed by atoms with E-state index in [-0.39, 0.29) is 30.4 Å². The Hall–Kier alpha value is -3.61. The van der Waals surface area contributed by atoms with Gasteiger partial charge in [0, 0.05) is 7.05 Å². The number of H-pyrrole nitrogens is 1.